The molecule has 0 aromatic heterocycles. The highest BCUT2D eigenvalue weighted by Crippen LogP contribution is 2.23. The number of nitrogen functional groups attached to an aromatic ring is 1. The molecule has 4 heteroatoms. The van der Waals surface area contributed by atoms with Crippen LogP contribution in [0.2, 0.25) is 0 Å². The lowest BCUT2D eigenvalue weighted by Gasteiger charge is -2.32. The molecule has 0 aliphatic carbocycles. The highest BCUT2D eigenvalue weighted by atomic mass is 16.5. The largest absolute Gasteiger partial charge is 0.497 e. The van der Waals surface area contributed by atoms with Crippen molar-refractivity contribution in [3.8, 4) is 5.75 Å². The Hall–Kier alpha value is -1.26. The van der Waals surface area contributed by atoms with Gasteiger partial charge >= 0.3 is 0 Å². The van der Waals surface area contributed by atoms with Crippen LogP contribution in [0.25, 0.3) is 0 Å². The summed E-state index contributed by atoms with van der Waals surface area (Å²) in [5.41, 5.74) is 8.05. The molecule has 0 atom stereocenters. The van der Waals surface area contributed by atoms with Gasteiger partial charge in [0.25, 0.3) is 0 Å². The van der Waals surface area contributed by atoms with E-state index in [1.807, 2.05) is 12.1 Å². The van der Waals surface area contributed by atoms with Gasteiger partial charge in [0.1, 0.15) is 5.75 Å². The lowest BCUT2D eigenvalue weighted by atomic mass is 10.1. The SMILES string of the molecule is CCOC1CCN(Cc2ccc(OC)cc2N)CC1. The van der Waals surface area contributed by atoms with Crippen molar-refractivity contribution < 1.29 is 9.47 Å². The fourth-order valence-electron chi connectivity index (χ4n) is 2.55. The second-order valence-corrected chi connectivity index (χ2v) is 5.00. The van der Waals surface area contributed by atoms with Gasteiger partial charge in [-0.25, -0.2) is 0 Å². The van der Waals surface area contributed by atoms with Gasteiger partial charge in [-0.1, -0.05) is 6.07 Å². The number of nitrogens with two attached hydrogens (primary N) is 1. The van der Waals surface area contributed by atoms with Crippen molar-refractivity contribution in [2.75, 3.05) is 32.5 Å². The number of methoxy groups -OCH3 is 1. The Bertz CT molecular complexity index is 401. The number of likely N-dealkylation sites (tertiary alicyclic amines) is 1. The average molecular weight is 264 g/mol. The molecular formula is C15H24N2O2. The van der Waals surface area contributed by atoms with Gasteiger partial charge in [-0.05, 0) is 31.4 Å². The zero-order valence-electron chi connectivity index (χ0n) is 11.9. The molecule has 1 heterocycles. The molecule has 0 unspecified atom stereocenters. The smallest absolute Gasteiger partial charge is 0.120 e. The van der Waals surface area contributed by atoms with Crippen LogP contribution in [-0.2, 0) is 11.3 Å². The molecule has 1 aromatic rings. The van der Waals surface area contributed by atoms with Gasteiger partial charge in [-0.15, -0.1) is 0 Å². The van der Waals surface area contributed by atoms with Crippen LogP contribution in [0.1, 0.15) is 25.3 Å². The van der Waals surface area contributed by atoms with Gasteiger partial charge in [-0.3, -0.25) is 4.90 Å². The molecular weight excluding hydrogens is 240 g/mol. The molecule has 1 aliphatic heterocycles. The van der Waals surface area contributed by atoms with E-state index in [0.717, 1.165) is 50.5 Å². The van der Waals surface area contributed by atoms with Crippen molar-refractivity contribution in [2.45, 2.75) is 32.4 Å². The van der Waals surface area contributed by atoms with Crippen LogP contribution in [0.3, 0.4) is 0 Å². The second kappa shape index (κ2) is 6.78. The average Bonchev–Trinajstić information content (AvgIpc) is 2.43. The van der Waals surface area contributed by atoms with Gasteiger partial charge in [0.2, 0.25) is 0 Å². The molecule has 0 radical (unpaired) electrons. The Balaban J connectivity index is 1.88. The van der Waals surface area contributed by atoms with Crippen LogP contribution in [-0.4, -0.2) is 37.8 Å². The molecule has 2 N–H and O–H groups in total. The highest BCUT2D eigenvalue weighted by molar-refractivity contribution is 5.51. The van der Waals surface area contributed by atoms with E-state index in [1.165, 1.54) is 5.56 Å². The van der Waals surface area contributed by atoms with Gasteiger partial charge < -0.3 is 15.2 Å². The van der Waals surface area contributed by atoms with Crippen molar-refractivity contribution in [1.29, 1.82) is 0 Å². The standard InChI is InChI=1S/C15H24N2O2/c1-3-19-13-6-8-17(9-7-13)11-12-4-5-14(18-2)10-15(12)16/h4-5,10,13H,3,6-9,11,16H2,1-2H3. The highest BCUT2D eigenvalue weighted by Gasteiger charge is 2.19. The summed E-state index contributed by atoms with van der Waals surface area (Å²) in [5, 5.41) is 0. The molecule has 1 aliphatic rings. The van der Waals surface area contributed by atoms with Crippen LogP contribution >= 0.6 is 0 Å². The first kappa shape index (κ1) is 14.2. The molecule has 4 nitrogen and oxygen atoms in total. The number of hydrogen-bond donors (Lipinski definition) is 1. The van der Waals surface area contributed by atoms with Crippen LogP contribution in [0, 0.1) is 0 Å². The maximum Gasteiger partial charge on any atom is 0.120 e. The van der Waals surface area contributed by atoms with Gasteiger partial charge in [0.05, 0.1) is 13.2 Å². The molecule has 1 fully saturated rings. The Kier molecular flexibility index (Phi) is 5.05. The van der Waals surface area contributed by atoms with Crippen molar-refractivity contribution >= 4 is 5.69 Å². The van der Waals surface area contributed by atoms with E-state index >= 15 is 0 Å². The van der Waals surface area contributed by atoms with E-state index in [-0.39, 0.29) is 0 Å². The Morgan fingerprint density at radius 1 is 1.32 bits per heavy atom. The summed E-state index contributed by atoms with van der Waals surface area (Å²) in [6.45, 7) is 5.95. The molecule has 0 amide bonds. The van der Waals surface area contributed by atoms with E-state index in [1.54, 1.807) is 7.11 Å². The number of rotatable bonds is 5. The minimum absolute atomic E-state index is 0.439. The third-order valence-electron chi connectivity index (χ3n) is 3.68. The summed E-state index contributed by atoms with van der Waals surface area (Å²) in [6, 6.07) is 5.92. The third kappa shape index (κ3) is 3.85. The quantitative estimate of drug-likeness (QED) is 0.829. The zero-order chi connectivity index (χ0) is 13.7. The fraction of sp³-hybridized carbons (Fsp3) is 0.600. The van der Waals surface area contributed by atoms with Crippen molar-refractivity contribution in [1.82, 2.24) is 4.90 Å². The van der Waals surface area contributed by atoms with Gasteiger partial charge in [0.15, 0.2) is 0 Å². The number of ether oxygens (including phenoxy) is 2. The number of piperidine rings is 1. The lowest BCUT2D eigenvalue weighted by Crippen LogP contribution is -2.36. The molecule has 0 bridgehead atoms. The Labute approximate surface area is 115 Å². The molecule has 19 heavy (non-hydrogen) atoms. The van der Waals surface area contributed by atoms with E-state index in [9.17, 15) is 0 Å². The summed E-state index contributed by atoms with van der Waals surface area (Å²) >= 11 is 0. The van der Waals surface area contributed by atoms with Crippen LogP contribution in [0.5, 0.6) is 5.75 Å². The van der Waals surface area contributed by atoms with E-state index in [4.69, 9.17) is 15.2 Å². The van der Waals surface area contributed by atoms with Gasteiger partial charge in [-0.2, -0.15) is 0 Å². The summed E-state index contributed by atoms with van der Waals surface area (Å²) in [6.07, 6.45) is 2.67. The predicted molar refractivity (Wildman–Crippen MR) is 77.3 cm³/mol. The maximum absolute atomic E-state index is 6.06. The zero-order valence-corrected chi connectivity index (χ0v) is 11.9. The molecule has 0 saturated carbocycles. The number of benzene rings is 1. The minimum Gasteiger partial charge on any atom is -0.497 e. The summed E-state index contributed by atoms with van der Waals surface area (Å²) in [7, 11) is 1.66. The normalized spacial score (nSPS) is 17.6. The van der Waals surface area contributed by atoms with E-state index in [2.05, 4.69) is 17.9 Å². The molecule has 2 rings (SSSR count). The van der Waals surface area contributed by atoms with Crippen LogP contribution in [0.15, 0.2) is 18.2 Å². The first-order chi connectivity index (χ1) is 9.22. The Morgan fingerprint density at radius 2 is 2.05 bits per heavy atom. The van der Waals surface area contributed by atoms with E-state index in [0.29, 0.717) is 6.10 Å². The van der Waals surface area contributed by atoms with Crippen molar-refractivity contribution in [3.05, 3.63) is 23.8 Å². The maximum atomic E-state index is 6.06. The molecule has 1 aromatic carbocycles. The minimum atomic E-state index is 0.439. The second-order valence-electron chi connectivity index (χ2n) is 5.00. The number of hydrogen-bond acceptors (Lipinski definition) is 4. The lowest BCUT2D eigenvalue weighted by molar-refractivity contribution is 0.0125. The number of anilines is 1. The van der Waals surface area contributed by atoms with Crippen LogP contribution < -0.4 is 10.5 Å². The molecule has 0 spiro atoms. The van der Waals surface area contributed by atoms with Crippen molar-refractivity contribution in [3.63, 3.8) is 0 Å². The summed E-state index contributed by atoms with van der Waals surface area (Å²) in [5.74, 6) is 0.816. The van der Waals surface area contributed by atoms with Crippen LogP contribution in [0.4, 0.5) is 5.69 Å². The first-order valence-corrected chi connectivity index (χ1v) is 6.99. The first-order valence-electron chi connectivity index (χ1n) is 6.99. The Morgan fingerprint density at radius 3 is 2.63 bits per heavy atom. The molecule has 1 saturated heterocycles. The number of nitrogens with zero attached hydrogens (tertiary/aromatic N) is 1. The molecule has 106 valence electrons. The fourth-order valence-corrected chi connectivity index (χ4v) is 2.55. The summed E-state index contributed by atoms with van der Waals surface area (Å²) in [4.78, 5) is 2.44. The third-order valence-corrected chi connectivity index (χ3v) is 3.68. The summed E-state index contributed by atoms with van der Waals surface area (Å²) < 4.78 is 10.8. The topological polar surface area (TPSA) is 47.7 Å². The van der Waals surface area contributed by atoms with Crippen molar-refractivity contribution in [2.24, 2.45) is 0 Å². The van der Waals surface area contributed by atoms with E-state index < -0.39 is 0 Å². The predicted octanol–water partition coefficient (Wildman–Crippen LogP) is 2.28. The monoisotopic (exact) mass is 264 g/mol. The van der Waals surface area contributed by atoms with Gasteiger partial charge in [0, 0.05) is 38.0 Å².